The summed E-state index contributed by atoms with van der Waals surface area (Å²) in [6.07, 6.45) is 0.749. The van der Waals surface area contributed by atoms with Gasteiger partial charge in [0.05, 0.1) is 12.1 Å². The lowest BCUT2D eigenvalue weighted by atomic mass is 10.1. The second-order valence-electron chi connectivity index (χ2n) is 4.11. The molecule has 1 amide bonds. The maximum Gasteiger partial charge on any atom is 0.323 e. The predicted octanol–water partition coefficient (Wildman–Crippen LogP) is 1.82. The van der Waals surface area contributed by atoms with Crippen LogP contribution in [0.2, 0.25) is 5.02 Å². The van der Waals surface area contributed by atoms with Crippen LogP contribution >= 0.6 is 11.6 Å². The van der Waals surface area contributed by atoms with Crippen LogP contribution in [-0.4, -0.2) is 42.6 Å². The molecule has 5 nitrogen and oxygen atoms in total. The molecule has 19 heavy (non-hydrogen) atoms. The lowest BCUT2D eigenvalue weighted by Gasteiger charge is -2.14. The number of hydrogen-bond donors (Lipinski definition) is 1. The van der Waals surface area contributed by atoms with Crippen molar-refractivity contribution in [1.82, 2.24) is 4.90 Å². The van der Waals surface area contributed by atoms with Crippen LogP contribution in [0, 0.1) is 0 Å². The first kappa shape index (κ1) is 15.3. The minimum absolute atomic E-state index is 0.214. The Hall–Kier alpha value is -1.75. The molecule has 0 saturated carbocycles. The molecule has 104 valence electrons. The summed E-state index contributed by atoms with van der Waals surface area (Å²) in [6.45, 7) is -0.289. The van der Waals surface area contributed by atoms with Crippen LogP contribution in [0.1, 0.15) is 12.0 Å². The van der Waals surface area contributed by atoms with E-state index in [2.05, 4.69) is 0 Å². The summed E-state index contributed by atoms with van der Waals surface area (Å²) in [6, 6.07) is 5.31. The second-order valence-corrected chi connectivity index (χ2v) is 4.52. The van der Waals surface area contributed by atoms with Crippen LogP contribution in [0.15, 0.2) is 18.2 Å². The second kappa shape index (κ2) is 6.99. The average molecular weight is 286 g/mol. The normalized spacial score (nSPS) is 10.1. The number of benzene rings is 1. The van der Waals surface area contributed by atoms with Crippen LogP contribution in [0.25, 0.3) is 0 Å². The van der Waals surface area contributed by atoms with E-state index in [0.29, 0.717) is 17.2 Å². The van der Waals surface area contributed by atoms with E-state index < -0.39 is 5.97 Å². The molecule has 0 unspecified atom stereocenters. The Morgan fingerprint density at radius 1 is 1.42 bits per heavy atom. The van der Waals surface area contributed by atoms with Gasteiger partial charge >= 0.3 is 5.97 Å². The van der Waals surface area contributed by atoms with Crippen LogP contribution in [-0.2, 0) is 16.0 Å². The van der Waals surface area contributed by atoms with Gasteiger partial charge in [0.2, 0.25) is 5.91 Å². The molecule has 6 heteroatoms. The molecule has 1 aromatic carbocycles. The average Bonchev–Trinajstić information content (AvgIpc) is 2.35. The van der Waals surface area contributed by atoms with Crippen molar-refractivity contribution < 1.29 is 19.4 Å². The molecule has 0 spiro atoms. The highest BCUT2D eigenvalue weighted by atomic mass is 35.5. The van der Waals surface area contributed by atoms with Crippen molar-refractivity contribution in [2.75, 3.05) is 20.7 Å². The van der Waals surface area contributed by atoms with Gasteiger partial charge in [-0.3, -0.25) is 9.59 Å². The van der Waals surface area contributed by atoms with Crippen LogP contribution in [0.3, 0.4) is 0 Å². The zero-order valence-corrected chi connectivity index (χ0v) is 11.6. The topological polar surface area (TPSA) is 66.8 Å². The number of carbonyl (C=O) groups excluding carboxylic acids is 1. The molecule has 0 atom stereocenters. The van der Waals surface area contributed by atoms with E-state index in [-0.39, 0.29) is 18.9 Å². The molecule has 1 aromatic rings. The van der Waals surface area contributed by atoms with Crippen molar-refractivity contribution in [1.29, 1.82) is 0 Å². The van der Waals surface area contributed by atoms with Gasteiger partial charge in [-0.2, -0.15) is 0 Å². The van der Waals surface area contributed by atoms with E-state index in [1.807, 2.05) is 6.07 Å². The van der Waals surface area contributed by atoms with Crippen molar-refractivity contribution >= 4 is 23.5 Å². The summed E-state index contributed by atoms with van der Waals surface area (Å²) in [4.78, 5) is 23.3. The Labute approximate surface area is 116 Å². The Morgan fingerprint density at radius 3 is 2.63 bits per heavy atom. The Morgan fingerprint density at radius 2 is 2.11 bits per heavy atom. The fourth-order valence-electron chi connectivity index (χ4n) is 1.60. The third-order valence-corrected chi connectivity index (χ3v) is 2.94. The minimum Gasteiger partial charge on any atom is -0.495 e. The molecule has 0 aromatic heterocycles. The predicted molar refractivity (Wildman–Crippen MR) is 71.6 cm³/mol. The van der Waals surface area contributed by atoms with Gasteiger partial charge < -0.3 is 14.7 Å². The lowest BCUT2D eigenvalue weighted by Crippen LogP contribution is -2.32. The molecule has 0 bridgehead atoms. The van der Waals surface area contributed by atoms with Gasteiger partial charge in [-0.15, -0.1) is 0 Å². The Kier molecular flexibility index (Phi) is 5.63. The van der Waals surface area contributed by atoms with E-state index >= 15 is 0 Å². The zero-order chi connectivity index (χ0) is 14.4. The zero-order valence-electron chi connectivity index (χ0n) is 10.9. The van der Waals surface area contributed by atoms with E-state index in [1.54, 1.807) is 12.1 Å². The number of nitrogens with zero attached hydrogens (tertiary/aromatic N) is 1. The van der Waals surface area contributed by atoms with E-state index in [1.165, 1.54) is 19.1 Å². The first-order valence-corrected chi connectivity index (χ1v) is 6.10. The Bertz CT molecular complexity index is 476. The number of aliphatic carboxylic acids is 1. The molecular formula is C13H16ClNO4. The van der Waals surface area contributed by atoms with Crippen molar-refractivity contribution in [3.8, 4) is 5.75 Å². The largest absolute Gasteiger partial charge is 0.495 e. The van der Waals surface area contributed by atoms with Crippen molar-refractivity contribution in [2.24, 2.45) is 0 Å². The maximum absolute atomic E-state index is 11.7. The summed E-state index contributed by atoms with van der Waals surface area (Å²) in [7, 11) is 3.00. The fraction of sp³-hybridized carbons (Fsp3) is 0.385. The number of ether oxygens (including phenoxy) is 1. The maximum atomic E-state index is 11.7. The van der Waals surface area contributed by atoms with Crippen LogP contribution < -0.4 is 4.74 Å². The molecule has 1 rings (SSSR count). The molecule has 0 fully saturated rings. The minimum atomic E-state index is -1.02. The number of halogens is 1. The molecule has 1 N–H and O–H groups in total. The molecule has 0 aliphatic rings. The summed E-state index contributed by atoms with van der Waals surface area (Å²) in [5.74, 6) is -0.655. The van der Waals surface area contributed by atoms with E-state index in [9.17, 15) is 9.59 Å². The molecule has 0 aliphatic heterocycles. The molecule has 0 saturated heterocycles. The first-order valence-electron chi connectivity index (χ1n) is 5.72. The summed E-state index contributed by atoms with van der Waals surface area (Å²) in [5, 5.41) is 9.08. The van der Waals surface area contributed by atoms with Crippen molar-refractivity contribution in [3.63, 3.8) is 0 Å². The number of hydrogen-bond acceptors (Lipinski definition) is 3. The van der Waals surface area contributed by atoms with Gasteiger partial charge in [0.25, 0.3) is 0 Å². The summed E-state index contributed by atoms with van der Waals surface area (Å²) in [5.41, 5.74) is 0.905. The van der Waals surface area contributed by atoms with Crippen molar-refractivity contribution in [2.45, 2.75) is 12.8 Å². The number of carboxylic acids is 1. The van der Waals surface area contributed by atoms with E-state index in [4.69, 9.17) is 21.4 Å². The Balaban J connectivity index is 2.55. The number of methoxy groups -OCH3 is 1. The third kappa shape index (κ3) is 4.79. The first-order chi connectivity index (χ1) is 8.93. The van der Waals surface area contributed by atoms with Gasteiger partial charge in [-0.05, 0) is 24.1 Å². The van der Waals surface area contributed by atoms with E-state index in [0.717, 1.165) is 5.56 Å². The molecule has 0 radical (unpaired) electrons. The van der Waals surface area contributed by atoms with Crippen molar-refractivity contribution in [3.05, 3.63) is 28.8 Å². The van der Waals surface area contributed by atoms with Gasteiger partial charge in [0, 0.05) is 13.5 Å². The number of aryl methyl sites for hydroxylation is 1. The lowest BCUT2D eigenvalue weighted by molar-refractivity contribution is -0.143. The number of likely N-dealkylation sites (N-methyl/N-ethyl adjacent to an activating group) is 1. The monoisotopic (exact) mass is 285 g/mol. The number of carboxylic acid groups (broad SMARTS) is 1. The fourth-order valence-corrected chi connectivity index (χ4v) is 1.88. The number of amides is 1. The van der Waals surface area contributed by atoms with Gasteiger partial charge in [-0.25, -0.2) is 0 Å². The molecule has 0 heterocycles. The van der Waals surface area contributed by atoms with Crippen LogP contribution in [0.4, 0.5) is 0 Å². The quantitative estimate of drug-likeness (QED) is 0.866. The molecule has 0 aliphatic carbocycles. The number of rotatable bonds is 6. The highest BCUT2D eigenvalue weighted by Crippen LogP contribution is 2.25. The smallest absolute Gasteiger partial charge is 0.323 e. The van der Waals surface area contributed by atoms with Crippen LogP contribution in [0.5, 0.6) is 5.75 Å². The van der Waals surface area contributed by atoms with Gasteiger partial charge in [0.15, 0.2) is 0 Å². The highest BCUT2D eigenvalue weighted by Gasteiger charge is 2.12. The van der Waals surface area contributed by atoms with Gasteiger partial charge in [-0.1, -0.05) is 17.7 Å². The standard InChI is InChI=1S/C13H16ClNO4/c1-15(8-13(17)18)12(16)6-4-9-3-5-11(19-2)10(14)7-9/h3,5,7H,4,6,8H2,1-2H3,(H,17,18). The highest BCUT2D eigenvalue weighted by molar-refractivity contribution is 6.32. The summed E-state index contributed by atoms with van der Waals surface area (Å²) < 4.78 is 5.04. The molecular weight excluding hydrogens is 270 g/mol. The number of carbonyl (C=O) groups is 2. The third-order valence-electron chi connectivity index (χ3n) is 2.64. The van der Waals surface area contributed by atoms with Gasteiger partial charge in [0.1, 0.15) is 12.3 Å². The SMILES string of the molecule is COc1ccc(CCC(=O)N(C)CC(=O)O)cc1Cl. The summed E-state index contributed by atoms with van der Waals surface area (Å²) >= 11 is 5.98.